The van der Waals surface area contributed by atoms with E-state index in [2.05, 4.69) is 32.0 Å². The standard InChI is InChI=1S/C11H17N5/c1-9(7-16-4-3-12-8-16)13-5-11-6-14-15-10(11)2/h3-4,6,8-9,13H,5,7H2,1-2H3,(H,14,15). The van der Waals surface area contributed by atoms with Crippen molar-refractivity contribution in [1.82, 2.24) is 25.1 Å². The molecule has 2 aromatic heterocycles. The van der Waals surface area contributed by atoms with Crippen LogP contribution in [0.25, 0.3) is 0 Å². The number of aryl methyl sites for hydroxylation is 1. The van der Waals surface area contributed by atoms with Gasteiger partial charge in [0, 0.05) is 42.8 Å². The van der Waals surface area contributed by atoms with Crippen LogP contribution in [0, 0.1) is 6.92 Å². The SMILES string of the molecule is Cc1[nH]ncc1CNC(C)Cn1ccnc1. The fraction of sp³-hybridized carbons (Fsp3) is 0.455. The normalized spacial score (nSPS) is 12.9. The minimum atomic E-state index is 0.406. The minimum Gasteiger partial charge on any atom is -0.336 e. The average molecular weight is 219 g/mol. The van der Waals surface area contributed by atoms with Gasteiger partial charge in [-0.05, 0) is 13.8 Å². The Morgan fingerprint density at radius 2 is 2.44 bits per heavy atom. The van der Waals surface area contributed by atoms with Crippen LogP contribution in [0.15, 0.2) is 24.9 Å². The number of hydrogen-bond acceptors (Lipinski definition) is 3. The van der Waals surface area contributed by atoms with Gasteiger partial charge in [-0.15, -0.1) is 0 Å². The van der Waals surface area contributed by atoms with Gasteiger partial charge in [0.05, 0.1) is 12.5 Å². The number of aromatic amines is 1. The Labute approximate surface area is 94.9 Å². The van der Waals surface area contributed by atoms with E-state index in [0.29, 0.717) is 6.04 Å². The van der Waals surface area contributed by atoms with Crippen LogP contribution in [0.5, 0.6) is 0 Å². The van der Waals surface area contributed by atoms with Crippen molar-refractivity contribution < 1.29 is 0 Å². The van der Waals surface area contributed by atoms with Crippen molar-refractivity contribution in [3.05, 3.63) is 36.2 Å². The number of hydrogen-bond donors (Lipinski definition) is 2. The molecule has 1 atom stereocenters. The van der Waals surface area contributed by atoms with Crippen LogP contribution < -0.4 is 5.32 Å². The lowest BCUT2D eigenvalue weighted by Gasteiger charge is -2.13. The van der Waals surface area contributed by atoms with E-state index in [-0.39, 0.29) is 0 Å². The quantitative estimate of drug-likeness (QED) is 0.791. The summed E-state index contributed by atoms with van der Waals surface area (Å²) in [7, 11) is 0. The van der Waals surface area contributed by atoms with E-state index in [1.807, 2.05) is 25.6 Å². The Morgan fingerprint density at radius 3 is 3.06 bits per heavy atom. The molecule has 0 aliphatic rings. The number of rotatable bonds is 5. The molecule has 2 aromatic rings. The summed E-state index contributed by atoms with van der Waals surface area (Å²) in [5, 5.41) is 10.4. The van der Waals surface area contributed by atoms with Gasteiger partial charge in [-0.25, -0.2) is 4.98 Å². The number of aromatic nitrogens is 4. The highest BCUT2D eigenvalue weighted by Gasteiger charge is 2.04. The first-order valence-electron chi connectivity index (χ1n) is 5.43. The number of imidazole rings is 1. The molecule has 5 heteroatoms. The molecular formula is C11H17N5. The molecule has 0 aliphatic carbocycles. The molecule has 0 saturated heterocycles. The highest BCUT2D eigenvalue weighted by Crippen LogP contribution is 2.02. The van der Waals surface area contributed by atoms with Gasteiger partial charge in [0.1, 0.15) is 0 Å². The molecule has 0 bridgehead atoms. The minimum absolute atomic E-state index is 0.406. The molecule has 2 N–H and O–H groups in total. The maximum Gasteiger partial charge on any atom is 0.0946 e. The van der Waals surface area contributed by atoms with Crippen LogP contribution in [0.2, 0.25) is 0 Å². The first-order valence-corrected chi connectivity index (χ1v) is 5.43. The molecular weight excluding hydrogens is 202 g/mol. The largest absolute Gasteiger partial charge is 0.336 e. The van der Waals surface area contributed by atoms with Gasteiger partial charge < -0.3 is 9.88 Å². The molecule has 1 unspecified atom stereocenters. The molecule has 86 valence electrons. The van der Waals surface area contributed by atoms with Crippen molar-refractivity contribution in [3.63, 3.8) is 0 Å². The fourth-order valence-electron chi connectivity index (χ4n) is 1.61. The van der Waals surface area contributed by atoms with E-state index in [1.165, 1.54) is 5.56 Å². The second kappa shape index (κ2) is 4.94. The Hall–Kier alpha value is -1.62. The zero-order chi connectivity index (χ0) is 11.4. The van der Waals surface area contributed by atoms with E-state index in [9.17, 15) is 0 Å². The van der Waals surface area contributed by atoms with Crippen LogP contribution in [0.4, 0.5) is 0 Å². The Morgan fingerprint density at radius 1 is 1.56 bits per heavy atom. The average Bonchev–Trinajstić information content (AvgIpc) is 2.87. The molecule has 2 rings (SSSR count). The summed E-state index contributed by atoms with van der Waals surface area (Å²) >= 11 is 0. The van der Waals surface area contributed by atoms with Gasteiger partial charge >= 0.3 is 0 Å². The third-order valence-corrected chi connectivity index (χ3v) is 2.62. The fourth-order valence-corrected chi connectivity index (χ4v) is 1.61. The maximum absolute atomic E-state index is 4.02. The van der Waals surface area contributed by atoms with E-state index in [4.69, 9.17) is 0 Å². The van der Waals surface area contributed by atoms with Crippen LogP contribution in [-0.2, 0) is 13.1 Å². The molecule has 0 saturated carbocycles. The van der Waals surface area contributed by atoms with Crippen LogP contribution >= 0.6 is 0 Å². The molecule has 0 aliphatic heterocycles. The van der Waals surface area contributed by atoms with E-state index in [0.717, 1.165) is 18.8 Å². The summed E-state index contributed by atoms with van der Waals surface area (Å²) in [4.78, 5) is 4.02. The Balaban J connectivity index is 1.80. The predicted octanol–water partition coefficient (Wildman–Crippen LogP) is 1.09. The lowest BCUT2D eigenvalue weighted by Crippen LogP contribution is -2.29. The predicted molar refractivity (Wildman–Crippen MR) is 61.9 cm³/mol. The first kappa shape index (κ1) is 10.9. The zero-order valence-corrected chi connectivity index (χ0v) is 9.64. The first-order chi connectivity index (χ1) is 7.75. The van der Waals surface area contributed by atoms with Crippen LogP contribution in [-0.4, -0.2) is 25.8 Å². The molecule has 0 spiro atoms. The molecule has 2 heterocycles. The molecule has 0 radical (unpaired) electrons. The van der Waals surface area contributed by atoms with Crippen molar-refractivity contribution in [2.75, 3.05) is 0 Å². The molecule has 0 aromatic carbocycles. The number of nitrogens with one attached hydrogen (secondary N) is 2. The smallest absolute Gasteiger partial charge is 0.0946 e. The third kappa shape index (κ3) is 2.70. The summed E-state index contributed by atoms with van der Waals surface area (Å²) in [6, 6.07) is 0.406. The number of nitrogens with zero attached hydrogens (tertiary/aromatic N) is 3. The molecule has 16 heavy (non-hydrogen) atoms. The van der Waals surface area contributed by atoms with Gasteiger partial charge in [-0.1, -0.05) is 0 Å². The van der Waals surface area contributed by atoms with E-state index >= 15 is 0 Å². The summed E-state index contributed by atoms with van der Waals surface area (Å²) < 4.78 is 2.07. The Bertz CT molecular complexity index is 417. The molecule has 0 fully saturated rings. The van der Waals surface area contributed by atoms with Crippen molar-refractivity contribution in [2.45, 2.75) is 33.0 Å². The summed E-state index contributed by atoms with van der Waals surface area (Å²) in [5.74, 6) is 0. The zero-order valence-electron chi connectivity index (χ0n) is 9.64. The number of H-pyrrole nitrogens is 1. The summed E-state index contributed by atoms with van der Waals surface area (Å²) in [5.41, 5.74) is 2.35. The Kier molecular flexibility index (Phi) is 3.36. The van der Waals surface area contributed by atoms with Gasteiger partial charge in [0.15, 0.2) is 0 Å². The van der Waals surface area contributed by atoms with Crippen molar-refractivity contribution in [2.24, 2.45) is 0 Å². The molecule has 0 amide bonds. The van der Waals surface area contributed by atoms with Crippen molar-refractivity contribution in [1.29, 1.82) is 0 Å². The third-order valence-electron chi connectivity index (χ3n) is 2.62. The lowest BCUT2D eigenvalue weighted by atomic mass is 10.2. The lowest BCUT2D eigenvalue weighted by molar-refractivity contribution is 0.475. The summed E-state index contributed by atoms with van der Waals surface area (Å²) in [6.07, 6.45) is 7.47. The van der Waals surface area contributed by atoms with Crippen molar-refractivity contribution >= 4 is 0 Å². The van der Waals surface area contributed by atoms with Crippen molar-refractivity contribution in [3.8, 4) is 0 Å². The maximum atomic E-state index is 4.02. The van der Waals surface area contributed by atoms with E-state index in [1.54, 1.807) is 6.20 Å². The highest BCUT2D eigenvalue weighted by molar-refractivity contribution is 5.13. The molecule has 5 nitrogen and oxygen atoms in total. The second-order valence-electron chi connectivity index (χ2n) is 4.06. The van der Waals surface area contributed by atoms with Gasteiger partial charge in [-0.3, -0.25) is 5.10 Å². The van der Waals surface area contributed by atoms with Gasteiger partial charge in [0.25, 0.3) is 0 Å². The van der Waals surface area contributed by atoms with Gasteiger partial charge in [0.2, 0.25) is 0 Å². The topological polar surface area (TPSA) is 58.5 Å². The second-order valence-corrected chi connectivity index (χ2v) is 4.06. The van der Waals surface area contributed by atoms with Gasteiger partial charge in [-0.2, -0.15) is 5.10 Å². The van der Waals surface area contributed by atoms with Crippen LogP contribution in [0.1, 0.15) is 18.2 Å². The van der Waals surface area contributed by atoms with Crippen LogP contribution in [0.3, 0.4) is 0 Å². The highest BCUT2D eigenvalue weighted by atomic mass is 15.1. The monoisotopic (exact) mass is 219 g/mol. The summed E-state index contributed by atoms with van der Waals surface area (Å²) in [6.45, 7) is 5.97. The van der Waals surface area contributed by atoms with E-state index < -0.39 is 0 Å².